The van der Waals surface area contributed by atoms with Gasteiger partial charge in [0.1, 0.15) is 0 Å². The van der Waals surface area contributed by atoms with Crippen molar-refractivity contribution in [2.24, 2.45) is 0 Å². The van der Waals surface area contributed by atoms with Crippen LogP contribution < -0.4 is 0 Å². The minimum absolute atomic E-state index is 0.0706. The molecule has 0 amide bonds. The van der Waals surface area contributed by atoms with Gasteiger partial charge < -0.3 is 14.4 Å². The minimum Gasteiger partial charge on any atom is -0.467 e. The molecule has 0 aromatic heterocycles. The molecular weight excluding hydrogens is 304 g/mol. The lowest BCUT2D eigenvalue weighted by atomic mass is 10.1. The van der Waals surface area contributed by atoms with Crippen LogP contribution in [0.2, 0.25) is 0 Å². The molecule has 5 nitrogen and oxygen atoms in total. The topological polar surface area (TPSA) is 42.0 Å². The molecule has 0 radical (unpaired) electrons. The van der Waals surface area contributed by atoms with Crippen LogP contribution in [0.25, 0.3) is 0 Å². The fourth-order valence-corrected chi connectivity index (χ4v) is 3.79. The van der Waals surface area contributed by atoms with Crippen molar-refractivity contribution in [2.75, 3.05) is 39.8 Å². The van der Waals surface area contributed by atoms with Crippen molar-refractivity contribution in [1.29, 1.82) is 0 Å². The average molecular weight is 332 g/mol. The third kappa shape index (κ3) is 4.35. The van der Waals surface area contributed by atoms with E-state index < -0.39 is 6.10 Å². The standard InChI is InChI=1S/C19H28N2O3/c1-15-12-21(14-18(24-15)19(22)23-2)17-9-11-20(13-17)10-8-16-6-4-3-5-7-16/h3-7,15,17-18H,8-14H2,1-2H3/t15-,17+,18+/m1/s1. The molecule has 0 N–H and O–H groups in total. The Morgan fingerprint density at radius 2 is 2.04 bits per heavy atom. The van der Waals surface area contributed by atoms with Crippen LogP contribution in [0, 0.1) is 0 Å². The lowest BCUT2D eigenvalue weighted by molar-refractivity contribution is -0.167. The van der Waals surface area contributed by atoms with Gasteiger partial charge in [-0.3, -0.25) is 4.90 Å². The van der Waals surface area contributed by atoms with E-state index in [2.05, 4.69) is 40.1 Å². The number of carbonyl (C=O) groups is 1. The minimum atomic E-state index is -0.447. The molecule has 24 heavy (non-hydrogen) atoms. The first kappa shape index (κ1) is 17.4. The van der Waals surface area contributed by atoms with E-state index in [1.807, 2.05) is 6.92 Å². The molecule has 0 bridgehead atoms. The highest BCUT2D eigenvalue weighted by Crippen LogP contribution is 2.21. The van der Waals surface area contributed by atoms with E-state index in [-0.39, 0.29) is 12.1 Å². The Morgan fingerprint density at radius 3 is 2.79 bits per heavy atom. The third-order valence-corrected chi connectivity index (χ3v) is 5.08. The van der Waals surface area contributed by atoms with Crippen molar-refractivity contribution in [3.63, 3.8) is 0 Å². The SMILES string of the molecule is COC(=O)[C@@H]1CN([C@H]2CCN(CCc3ccccc3)C2)C[C@@H](C)O1. The quantitative estimate of drug-likeness (QED) is 0.766. The zero-order valence-corrected chi connectivity index (χ0v) is 14.7. The first-order valence-corrected chi connectivity index (χ1v) is 8.89. The van der Waals surface area contributed by atoms with Gasteiger partial charge in [0.05, 0.1) is 13.2 Å². The number of benzene rings is 1. The number of hydrogen-bond donors (Lipinski definition) is 0. The summed E-state index contributed by atoms with van der Waals surface area (Å²) in [4.78, 5) is 16.8. The molecule has 132 valence electrons. The molecule has 2 fully saturated rings. The summed E-state index contributed by atoms with van der Waals surface area (Å²) in [7, 11) is 1.43. The number of rotatable bonds is 5. The fourth-order valence-electron chi connectivity index (χ4n) is 3.79. The Hall–Kier alpha value is -1.43. The number of nitrogens with zero attached hydrogens (tertiary/aromatic N) is 2. The first-order valence-electron chi connectivity index (χ1n) is 8.89. The molecule has 0 spiro atoms. The maximum Gasteiger partial charge on any atom is 0.336 e. The lowest BCUT2D eigenvalue weighted by Crippen LogP contribution is -2.54. The summed E-state index contributed by atoms with van der Waals surface area (Å²) in [6, 6.07) is 11.2. The summed E-state index contributed by atoms with van der Waals surface area (Å²) in [5.41, 5.74) is 1.40. The van der Waals surface area contributed by atoms with Gasteiger partial charge in [-0.2, -0.15) is 0 Å². The van der Waals surface area contributed by atoms with Crippen molar-refractivity contribution in [3.8, 4) is 0 Å². The van der Waals surface area contributed by atoms with Crippen molar-refractivity contribution in [1.82, 2.24) is 9.80 Å². The molecule has 2 aliphatic heterocycles. The van der Waals surface area contributed by atoms with E-state index in [9.17, 15) is 4.79 Å². The number of carbonyl (C=O) groups excluding carboxylic acids is 1. The predicted molar refractivity (Wildman–Crippen MR) is 92.9 cm³/mol. The number of morpholine rings is 1. The molecule has 0 unspecified atom stereocenters. The largest absolute Gasteiger partial charge is 0.467 e. The summed E-state index contributed by atoms with van der Waals surface area (Å²) < 4.78 is 10.6. The number of methoxy groups -OCH3 is 1. The maximum absolute atomic E-state index is 11.8. The Bertz CT molecular complexity index is 537. The van der Waals surface area contributed by atoms with Gasteiger partial charge in [0.15, 0.2) is 6.10 Å². The summed E-state index contributed by atoms with van der Waals surface area (Å²) in [5, 5.41) is 0. The molecule has 2 aliphatic rings. The molecule has 5 heteroatoms. The van der Waals surface area contributed by atoms with E-state index in [1.54, 1.807) is 0 Å². The van der Waals surface area contributed by atoms with E-state index in [0.29, 0.717) is 12.6 Å². The summed E-state index contributed by atoms with van der Waals surface area (Å²) in [6.45, 7) is 6.88. The molecule has 1 aromatic carbocycles. The van der Waals surface area contributed by atoms with Crippen molar-refractivity contribution in [3.05, 3.63) is 35.9 Å². The molecule has 3 atom stereocenters. The molecule has 2 saturated heterocycles. The smallest absolute Gasteiger partial charge is 0.336 e. The molecular formula is C19H28N2O3. The second-order valence-corrected chi connectivity index (χ2v) is 6.89. The number of ether oxygens (including phenoxy) is 2. The second kappa shape index (κ2) is 8.10. The van der Waals surface area contributed by atoms with Gasteiger partial charge in [-0.1, -0.05) is 30.3 Å². The zero-order chi connectivity index (χ0) is 16.9. The van der Waals surface area contributed by atoms with Gasteiger partial charge in [0.25, 0.3) is 0 Å². The van der Waals surface area contributed by atoms with Gasteiger partial charge >= 0.3 is 5.97 Å². The van der Waals surface area contributed by atoms with Crippen LogP contribution in [-0.4, -0.2) is 73.9 Å². The fraction of sp³-hybridized carbons (Fsp3) is 0.632. The van der Waals surface area contributed by atoms with Gasteiger partial charge in [0.2, 0.25) is 0 Å². The van der Waals surface area contributed by atoms with E-state index >= 15 is 0 Å². The highest BCUT2D eigenvalue weighted by molar-refractivity contribution is 5.75. The normalized spacial score (nSPS) is 28.8. The Balaban J connectivity index is 1.50. The van der Waals surface area contributed by atoms with Crippen LogP contribution in [0.15, 0.2) is 30.3 Å². The molecule has 0 aliphatic carbocycles. The average Bonchev–Trinajstić information content (AvgIpc) is 3.08. The van der Waals surface area contributed by atoms with Crippen LogP contribution in [-0.2, 0) is 20.7 Å². The number of hydrogen-bond acceptors (Lipinski definition) is 5. The Morgan fingerprint density at radius 1 is 1.25 bits per heavy atom. The van der Waals surface area contributed by atoms with Gasteiger partial charge in [-0.05, 0) is 31.9 Å². The maximum atomic E-state index is 11.8. The summed E-state index contributed by atoms with van der Waals surface area (Å²) >= 11 is 0. The Labute approximate surface area is 144 Å². The van der Waals surface area contributed by atoms with Gasteiger partial charge in [0, 0.05) is 32.2 Å². The highest BCUT2D eigenvalue weighted by Gasteiger charge is 2.36. The van der Waals surface area contributed by atoms with E-state index in [4.69, 9.17) is 9.47 Å². The van der Waals surface area contributed by atoms with E-state index in [0.717, 1.165) is 39.0 Å². The van der Waals surface area contributed by atoms with Crippen LogP contribution in [0.1, 0.15) is 18.9 Å². The molecule has 1 aromatic rings. The predicted octanol–water partition coefficient (Wildman–Crippen LogP) is 1.57. The van der Waals surface area contributed by atoms with Crippen LogP contribution in [0.5, 0.6) is 0 Å². The lowest BCUT2D eigenvalue weighted by Gasteiger charge is -2.38. The number of esters is 1. The van der Waals surface area contributed by atoms with Crippen molar-refractivity contribution in [2.45, 2.75) is 38.0 Å². The molecule has 3 rings (SSSR count). The molecule has 0 saturated carbocycles. The van der Waals surface area contributed by atoms with Crippen molar-refractivity contribution >= 4 is 5.97 Å². The first-order chi connectivity index (χ1) is 11.7. The summed E-state index contributed by atoms with van der Waals surface area (Å²) in [5.74, 6) is -0.259. The van der Waals surface area contributed by atoms with Gasteiger partial charge in [-0.25, -0.2) is 4.79 Å². The van der Waals surface area contributed by atoms with Gasteiger partial charge in [-0.15, -0.1) is 0 Å². The second-order valence-electron chi connectivity index (χ2n) is 6.89. The third-order valence-electron chi connectivity index (χ3n) is 5.08. The monoisotopic (exact) mass is 332 g/mol. The highest BCUT2D eigenvalue weighted by atomic mass is 16.6. The molecule has 2 heterocycles. The summed E-state index contributed by atoms with van der Waals surface area (Å²) in [6.07, 6.45) is 1.88. The number of likely N-dealkylation sites (tertiary alicyclic amines) is 1. The van der Waals surface area contributed by atoms with E-state index in [1.165, 1.54) is 12.7 Å². The van der Waals surface area contributed by atoms with Crippen LogP contribution in [0.3, 0.4) is 0 Å². The Kier molecular flexibility index (Phi) is 5.87. The zero-order valence-electron chi connectivity index (χ0n) is 14.7. The van der Waals surface area contributed by atoms with Crippen molar-refractivity contribution < 1.29 is 14.3 Å². The van der Waals surface area contributed by atoms with Crippen LogP contribution >= 0.6 is 0 Å². The van der Waals surface area contributed by atoms with Crippen LogP contribution in [0.4, 0.5) is 0 Å².